The highest BCUT2D eigenvalue weighted by Crippen LogP contribution is 1.63. The van der Waals surface area contributed by atoms with Gasteiger partial charge in [-0.1, -0.05) is 23.7 Å². The van der Waals surface area contributed by atoms with E-state index in [0.29, 0.717) is 0 Å². The number of nitrogens with one attached hydrogen (secondary N) is 2. The van der Waals surface area contributed by atoms with Crippen LogP contribution in [0.4, 0.5) is 0 Å². The molecule has 1 heterocycles. The van der Waals surface area contributed by atoms with Crippen LogP contribution in [-0.4, -0.2) is 26.2 Å². The number of hydrogen-bond acceptors (Lipinski definition) is 2. The molecule has 0 aliphatic carbocycles. The van der Waals surface area contributed by atoms with Gasteiger partial charge in [-0.25, -0.2) is 0 Å². The largest absolute Gasteiger partial charge is 0.295 e. The van der Waals surface area contributed by atoms with Crippen LogP contribution < -0.4 is 10.6 Å². The summed E-state index contributed by atoms with van der Waals surface area (Å²) in [6.45, 7) is 2.99. The third kappa shape index (κ3) is 3.14. The Morgan fingerprint density at radius 1 is 0.600 bits per heavy atom. The van der Waals surface area contributed by atoms with Crippen LogP contribution in [0.5, 0.6) is 0 Å². The van der Waals surface area contributed by atoms with Crippen molar-refractivity contribution in [1.82, 2.24) is 10.6 Å². The molecule has 2 heteroatoms. The van der Waals surface area contributed by atoms with Gasteiger partial charge in [0.25, 0.3) is 0 Å². The van der Waals surface area contributed by atoms with E-state index in [4.69, 9.17) is 0 Å². The molecule has 1 rings (SSSR count). The maximum Gasteiger partial charge on any atom is 0.0584 e. The van der Waals surface area contributed by atoms with Gasteiger partial charge in [0.05, 0.1) is 26.2 Å². The molecule has 0 unspecified atom stereocenters. The van der Waals surface area contributed by atoms with Crippen molar-refractivity contribution in [2.45, 2.75) is 0 Å². The minimum absolute atomic E-state index is 0.746. The van der Waals surface area contributed by atoms with E-state index in [-0.39, 0.29) is 0 Å². The second-order valence-electron chi connectivity index (χ2n) is 1.91. The monoisotopic (exact) mass is 134 g/mol. The predicted octanol–water partition coefficient (Wildman–Crippen LogP) is -0.814. The zero-order chi connectivity index (χ0) is 7.07. The van der Waals surface area contributed by atoms with Crippen molar-refractivity contribution >= 4 is 0 Å². The zero-order valence-electron chi connectivity index (χ0n) is 5.83. The predicted molar refractivity (Wildman–Crippen MR) is 41.3 cm³/mol. The molecule has 0 saturated carbocycles. The van der Waals surface area contributed by atoms with Gasteiger partial charge in [0, 0.05) is 0 Å². The van der Waals surface area contributed by atoms with Crippen LogP contribution in [0.25, 0.3) is 0 Å². The fourth-order valence-electron chi connectivity index (χ4n) is 0.625. The molecule has 0 atom stereocenters. The van der Waals surface area contributed by atoms with Crippen molar-refractivity contribution in [3.63, 3.8) is 0 Å². The smallest absolute Gasteiger partial charge is 0.0584 e. The molecule has 0 radical (unpaired) electrons. The van der Waals surface area contributed by atoms with E-state index in [2.05, 4.69) is 34.3 Å². The summed E-state index contributed by atoms with van der Waals surface area (Å²) < 4.78 is 0. The third-order valence-corrected chi connectivity index (χ3v) is 1.10. The first-order chi connectivity index (χ1) is 5.00. The highest BCUT2D eigenvalue weighted by atomic mass is 14.8. The maximum atomic E-state index is 3.08. The molecule has 0 amide bonds. The molecule has 0 aromatic carbocycles. The Morgan fingerprint density at radius 3 is 1.20 bits per heavy atom. The first-order valence-electron chi connectivity index (χ1n) is 3.33. The van der Waals surface area contributed by atoms with E-state index in [9.17, 15) is 0 Å². The summed E-state index contributed by atoms with van der Waals surface area (Å²) in [5.41, 5.74) is 0. The second kappa shape index (κ2) is 4.88. The number of hydrogen-bond donors (Lipinski definition) is 2. The fourth-order valence-corrected chi connectivity index (χ4v) is 0.625. The van der Waals surface area contributed by atoms with Gasteiger partial charge in [-0.15, -0.1) is 0 Å². The molecule has 2 nitrogen and oxygen atoms in total. The molecule has 0 fully saturated rings. The van der Waals surface area contributed by atoms with Crippen LogP contribution in [0.3, 0.4) is 0 Å². The Morgan fingerprint density at radius 2 is 0.900 bits per heavy atom. The summed E-state index contributed by atoms with van der Waals surface area (Å²) in [5.74, 6) is 11.9. The van der Waals surface area contributed by atoms with Crippen LogP contribution in [0.15, 0.2) is 0 Å². The fraction of sp³-hybridized carbons (Fsp3) is 0.500. The van der Waals surface area contributed by atoms with Gasteiger partial charge in [-0.05, 0) is 0 Å². The first-order valence-corrected chi connectivity index (χ1v) is 3.33. The van der Waals surface area contributed by atoms with E-state index < -0.39 is 0 Å². The Bertz CT molecular complexity index is 159. The summed E-state index contributed by atoms with van der Waals surface area (Å²) >= 11 is 0. The van der Waals surface area contributed by atoms with Crippen LogP contribution >= 0.6 is 0 Å². The van der Waals surface area contributed by atoms with E-state index in [1.54, 1.807) is 0 Å². The van der Waals surface area contributed by atoms with Crippen molar-refractivity contribution in [1.29, 1.82) is 0 Å². The molecule has 1 aliphatic heterocycles. The SMILES string of the molecule is C1#CCNCC#CCNC1. The summed E-state index contributed by atoms with van der Waals surface area (Å²) in [6.07, 6.45) is 0. The minimum Gasteiger partial charge on any atom is -0.295 e. The molecule has 0 aromatic rings. The highest BCUT2D eigenvalue weighted by molar-refractivity contribution is 5.08. The molecule has 0 aromatic heterocycles. The van der Waals surface area contributed by atoms with Crippen molar-refractivity contribution in [2.75, 3.05) is 26.2 Å². The molecule has 0 spiro atoms. The highest BCUT2D eigenvalue weighted by Gasteiger charge is 1.80. The summed E-state index contributed by atoms with van der Waals surface area (Å²) in [4.78, 5) is 0. The Labute approximate surface area is 61.4 Å². The Kier molecular flexibility index (Phi) is 3.49. The molecule has 10 heavy (non-hydrogen) atoms. The van der Waals surface area contributed by atoms with Crippen molar-refractivity contribution in [2.24, 2.45) is 0 Å². The van der Waals surface area contributed by atoms with Crippen LogP contribution in [-0.2, 0) is 0 Å². The van der Waals surface area contributed by atoms with Crippen LogP contribution in [0.2, 0.25) is 0 Å². The van der Waals surface area contributed by atoms with E-state index >= 15 is 0 Å². The first kappa shape index (κ1) is 7.15. The average molecular weight is 134 g/mol. The van der Waals surface area contributed by atoms with E-state index in [1.807, 2.05) is 0 Å². The Balaban J connectivity index is 2.31. The lowest BCUT2D eigenvalue weighted by Gasteiger charge is -1.94. The van der Waals surface area contributed by atoms with Crippen molar-refractivity contribution in [3.8, 4) is 23.7 Å². The second-order valence-corrected chi connectivity index (χ2v) is 1.91. The van der Waals surface area contributed by atoms with Gasteiger partial charge in [0.15, 0.2) is 0 Å². The van der Waals surface area contributed by atoms with Crippen molar-refractivity contribution < 1.29 is 0 Å². The zero-order valence-corrected chi connectivity index (χ0v) is 5.83. The minimum atomic E-state index is 0.746. The topological polar surface area (TPSA) is 24.1 Å². The lowest BCUT2D eigenvalue weighted by molar-refractivity contribution is 0.844. The summed E-state index contributed by atoms with van der Waals surface area (Å²) in [7, 11) is 0. The van der Waals surface area contributed by atoms with Gasteiger partial charge in [0.1, 0.15) is 0 Å². The molecule has 0 saturated heterocycles. The Hall–Kier alpha value is -0.960. The van der Waals surface area contributed by atoms with Crippen molar-refractivity contribution in [3.05, 3.63) is 0 Å². The van der Waals surface area contributed by atoms with Crippen LogP contribution in [0.1, 0.15) is 0 Å². The lowest BCUT2D eigenvalue weighted by atomic mass is 10.4. The van der Waals surface area contributed by atoms with E-state index in [1.165, 1.54) is 0 Å². The normalized spacial score (nSPS) is 17.6. The molecule has 2 N–H and O–H groups in total. The van der Waals surface area contributed by atoms with Gasteiger partial charge >= 0.3 is 0 Å². The summed E-state index contributed by atoms with van der Waals surface area (Å²) in [5, 5.41) is 6.16. The van der Waals surface area contributed by atoms with Crippen LogP contribution in [0, 0.1) is 23.7 Å². The van der Waals surface area contributed by atoms with Gasteiger partial charge in [-0.3, -0.25) is 10.6 Å². The average Bonchev–Trinajstić information content (AvgIpc) is 2.01. The van der Waals surface area contributed by atoms with Gasteiger partial charge < -0.3 is 0 Å². The molecular weight excluding hydrogens is 124 g/mol. The third-order valence-electron chi connectivity index (χ3n) is 1.10. The molecule has 52 valence electrons. The quantitative estimate of drug-likeness (QED) is 0.423. The molecule has 0 bridgehead atoms. The standard InChI is InChI=1S/C8H10N2/c1-2-6-10-8-4-3-7-9-5-1/h9-10H,5-8H2. The maximum absolute atomic E-state index is 3.08. The van der Waals surface area contributed by atoms with E-state index in [0.717, 1.165) is 26.2 Å². The molecular formula is C8H10N2. The molecule has 1 aliphatic rings. The lowest BCUT2D eigenvalue weighted by Crippen LogP contribution is -2.18. The van der Waals surface area contributed by atoms with Gasteiger partial charge in [0.2, 0.25) is 0 Å². The number of rotatable bonds is 0. The van der Waals surface area contributed by atoms with Gasteiger partial charge in [-0.2, -0.15) is 0 Å². The summed E-state index contributed by atoms with van der Waals surface area (Å²) in [6, 6.07) is 0.